The average Bonchev–Trinajstić information content (AvgIpc) is 2.88. The van der Waals surface area contributed by atoms with Crippen LogP contribution in [0.5, 0.6) is 5.75 Å². The summed E-state index contributed by atoms with van der Waals surface area (Å²) in [4.78, 5) is 0. The molecule has 3 nitrogen and oxygen atoms in total. The Morgan fingerprint density at radius 3 is 2.78 bits per heavy atom. The zero-order chi connectivity index (χ0) is 12.8. The molecule has 0 atom stereocenters. The molecule has 1 heterocycles. The number of rotatable bonds is 6. The summed E-state index contributed by atoms with van der Waals surface area (Å²) in [5.41, 5.74) is 0.361. The molecule has 2 aromatic rings. The Balaban J connectivity index is 2.17. The van der Waals surface area contributed by atoms with Crippen LogP contribution in [0.15, 0.2) is 41.0 Å². The van der Waals surface area contributed by atoms with Crippen LogP contribution in [-0.4, -0.2) is 20.3 Å². The molecule has 0 spiro atoms. The molecule has 0 fully saturated rings. The van der Waals surface area contributed by atoms with Gasteiger partial charge in [0, 0.05) is 20.1 Å². The van der Waals surface area contributed by atoms with Crippen LogP contribution < -0.4 is 4.74 Å². The summed E-state index contributed by atoms with van der Waals surface area (Å²) in [6.45, 7) is 1.09. The Kier molecular flexibility index (Phi) is 4.36. The lowest BCUT2D eigenvalue weighted by atomic mass is 10.1. The van der Waals surface area contributed by atoms with E-state index in [1.807, 2.05) is 0 Å². The highest BCUT2D eigenvalue weighted by molar-refractivity contribution is 5.66. The van der Waals surface area contributed by atoms with E-state index >= 15 is 0 Å². The van der Waals surface area contributed by atoms with Crippen molar-refractivity contribution in [2.45, 2.75) is 6.42 Å². The van der Waals surface area contributed by atoms with Crippen molar-refractivity contribution in [3.63, 3.8) is 0 Å². The van der Waals surface area contributed by atoms with Gasteiger partial charge >= 0.3 is 0 Å². The second kappa shape index (κ2) is 6.21. The Labute approximate surface area is 105 Å². The molecule has 96 valence electrons. The standard InChI is InChI=1S/C14H15FO3/c1-16-8-4-10-18-12-6-2-5-11(15)14(12)13-7-3-9-17-13/h2-3,5-7,9H,4,8,10H2,1H3. The molecule has 0 unspecified atom stereocenters. The zero-order valence-corrected chi connectivity index (χ0v) is 10.2. The van der Waals surface area contributed by atoms with Gasteiger partial charge in [-0.2, -0.15) is 0 Å². The molecule has 2 rings (SSSR count). The van der Waals surface area contributed by atoms with Gasteiger partial charge in [-0.25, -0.2) is 4.39 Å². The number of methoxy groups -OCH3 is 1. The van der Waals surface area contributed by atoms with E-state index in [1.165, 1.54) is 12.3 Å². The summed E-state index contributed by atoms with van der Waals surface area (Å²) in [6.07, 6.45) is 2.26. The van der Waals surface area contributed by atoms with Crippen molar-refractivity contribution >= 4 is 0 Å². The molecule has 1 aromatic carbocycles. The highest BCUT2D eigenvalue weighted by atomic mass is 19.1. The lowest BCUT2D eigenvalue weighted by molar-refractivity contribution is 0.172. The van der Waals surface area contributed by atoms with Gasteiger partial charge in [0.05, 0.1) is 18.4 Å². The third-order valence-corrected chi connectivity index (χ3v) is 2.49. The fraction of sp³-hybridized carbons (Fsp3) is 0.286. The third-order valence-electron chi connectivity index (χ3n) is 2.49. The first-order valence-electron chi connectivity index (χ1n) is 5.77. The average molecular weight is 250 g/mol. The molecule has 0 saturated carbocycles. The Morgan fingerprint density at radius 1 is 1.17 bits per heavy atom. The Hall–Kier alpha value is -1.81. The highest BCUT2D eigenvalue weighted by Crippen LogP contribution is 2.32. The van der Waals surface area contributed by atoms with Crippen LogP contribution in [0.3, 0.4) is 0 Å². The predicted molar refractivity (Wildman–Crippen MR) is 66.1 cm³/mol. The van der Waals surface area contributed by atoms with Crippen LogP contribution in [0.1, 0.15) is 6.42 Å². The van der Waals surface area contributed by atoms with Gasteiger partial charge < -0.3 is 13.9 Å². The van der Waals surface area contributed by atoms with E-state index in [9.17, 15) is 4.39 Å². The quantitative estimate of drug-likeness (QED) is 0.735. The molecule has 0 amide bonds. The maximum absolute atomic E-state index is 13.8. The van der Waals surface area contributed by atoms with E-state index < -0.39 is 0 Å². The van der Waals surface area contributed by atoms with Crippen molar-refractivity contribution < 1.29 is 18.3 Å². The zero-order valence-electron chi connectivity index (χ0n) is 10.2. The number of hydrogen-bond acceptors (Lipinski definition) is 3. The van der Waals surface area contributed by atoms with E-state index in [0.29, 0.717) is 30.3 Å². The number of hydrogen-bond donors (Lipinski definition) is 0. The fourth-order valence-corrected chi connectivity index (χ4v) is 1.67. The van der Waals surface area contributed by atoms with Crippen molar-refractivity contribution in [3.05, 3.63) is 42.4 Å². The minimum atomic E-state index is -0.353. The molecule has 0 aliphatic heterocycles. The molecular weight excluding hydrogens is 235 g/mol. The van der Waals surface area contributed by atoms with Gasteiger partial charge in [0.1, 0.15) is 17.3 Å². The van der Waals surface area contributed by atoms with Gasteiger partial charge in [0.2, 0.25) is 0 Å². The number of ether oxygens (including phenoxy) is 2. The molecule has 1 aromatic heterocycles. The van der Waals surface area contributed by atoms with E-state index in [4.69, 9.17) is 13.9 Å². The van der Waals surface area contributed by atoms with Crippen molar-refractivity contribution in [2.24, 2.45) is 0 Å². The van der Waals surface area contributed by atoms with Crippen LogP contribution in [0.25, 0.3) is 11.3 Å². The lowest BCUT2D eigenvalue weighted by Crippen LogP contribution is -2.02. The number of furan rings is 1. The van der Waals surface area contributed by atoms with Gasteiger partial charge in [-0.3, -0.25) is 0 Å². The van der Waals surface area contributed by atoms with E-state index in [-0.39, 0.29) is 5.82 Å². The highest BCUT2D eigenvalue weighted by Gasteiger charge is 2.14. The van der Waals surface area contributed by atoms with Crippen LogP contribution in [-0.2, 0) is 4.74 Å². The first-order valence-corrected chi connectivity index (χ1v) is 5.77. The number of halogens is 1. The second-order valence-electron chi connectivity index (χ2n) is 3.79. The summed E-state index contributed by atoms with van der Waals surface area (Å²) < 4.78 is 29.5. The van der Waals surface area contributed by atoms with Crippen molar-refractivity contribution in [2.75, 3.05) is 20.3 Å². The molecule has 0 radical (unpaired) electrons. The van der Waals surface area contributed by atoms with Gasteiger partial charge in [-0.15, -0.1) is 0 Å². The molecule has 4 heteroatoms. The Bertz CT molecular complexity index is 480. The largest absolute Gasteiger partial charge is 0.493 e. The molecule has 0 saturated heterocycles. The molecule has 0 N–H and O–H groups in total. The third kappa shape index (κ3) is 2.90. The minimum absolute atomic E-state index is 0.353. The van der Waals surface area contributed by atoms with Crippen LogP contribution in [0, 0.1) is 5.82 Å². The van der Waals surface area contributed by atoms with Crippen LogP contribution in [0.2, 0.25) is 0 Å². The summed E-state index contributed by atoms with van der Waals surface area (Å²) in [6, 6.07) is 8.16. The van der Waals surface area contributed by atoms with Gasteiger partial charge in [0.15, 0.2) is 0 Å². The van der Waals surface area contributed by atoms with Crippen molar-refractivity contribution in [1.82, 2.24) is 0 Å². The lowest BCUT2D eigenvalue weighted by Gasteiger charge is -2.10. The molecule has 18 heavy (non-hydrogen) atoms. The topological polar surface area (TPSA) is 31.6 Å². The van der Waals surface area contributed by atoms with Gasteiger partial charge in [-0.1, -0.05) is 6.07 Å². The fourth-order valence-electron chi connectivity index (χ4n) is 1.67. The molecule has 0 aliphatic carbocycles. The number of benzene rings is 1. The maximum atomic E-state index is 13.8. The van der Waals surface area contributed by atoms with Crippen molar-refractivity contribution in [3.8, 4) is 17.1 Å². The van der Waals surface area contributed by atoms with Crippen molar-refractivity contribution in [1.29, 1.82) is 0 Å². The predicted octanol–water partition coefficient (Wildman–Crippen LogP) is 3.50. The minimum Gasteiger partial charge on any atom is -0.493 e. The van der Waals surface area contributed by atoms with Gasteiger partial charge in [0.25, 0.3) is 0 Å². The second-order valence-corrected chi connectivity index (χ2v) is 3.79. The molecule has 0 bridgehead atoms. The molecular formula is C14H15FO3. The maximum Gasteiger partial charge on any atom is 0.140 e. The van der Waals surface area contributed by atoms with Crippen LogP contribution >= 0.6 is 0 Å². The summed E-state index contributed by atoms with van der Waals surface area (Å²) in [5, 5.41) is 0. The first kappa shape index (κ1) is 12.6. The smallest absolute Gasteiger partial charge is 0.140 e. The van der Waals surface area contributed by atoms with E-state index in [0.717, 1.165) is 6.42 Å². The van der Waals surface area contributed by atoms with E-state index in [2.05, 4.69) is 0 Å². The SMILES string of the molecule is COCCCOc1cccc(F)c1-c1ccco1. The monoisotopic (exact) mass is 250 g/mol. The first-order chi connectivity index (χ1) is 8.83. The Morgan fingerprint density at radius 2 is 2.06 bits per heavy atom. The summed E-state index contributed by atoms with van der Waals surface area (Å²) in [7, 11) is 1.64. The van der Waals surface area contributed by atoms with Gasteiger partial charge in [-0.05, 0) is 24.3 Å². The van der Waals surface area contributed by atoms with Crippen LogP contribution in [0.4, 0.5) is 4.39 Å². The van der Waals surface area contributed by atoms with E-state index in [1.54, 1.807) is 31.4 Å². The summed E-state index contributed by atoms with van der Waals surface area (Å²) in [5.74, 6) is 0.602. The summed E-state index contributed by atoms with van der Waals surface area (Å²) >= 11 is 0. The normalized spacial score (nSPS) is 10.6. The molecule has 0 aliphatic rings.